The van der Waals surface area contributed by atoms with E-state index in [0.717, 1.165) is 45.6 Å². The third-order valence-electron chi connectivity index (χ3n) is 3.26. The zero-order valence-electron chi connectivity index (χ0n) is 9.48. The number of nitrogens with zero attached hydrogens (tertiary/aromatic N) is 3. The van der Waals surface area contributed by atoms with E-state index in [1.165, 1.54) is 0 Å². The molecule has 2 fully saturated rings. The Morgan fingerprint density at radius 3 is 3.12 bits per heavy atom. The van der Waals surface area contributed by atoms with Gasteiger partial charge in [-0.2, -0.15) is 5.26 Å². The van der Waals surface area contributed by atoms with Crippen LogP contribution in [0.5, 0.6) is 0 Å². The summed E-state index contributed by atoms with van der Waals surface area (Å²) >= 11 is 0. The van der Waals surface area contributed by atoms with E-state index in [4.69, 9.17) is 5.26 Å². The van der Waals surface area contributed by atoms with Gasteiger partial charge >= 0.3 is 6.03 Å². The number of amides is 2. The molecule has 5 nitrogen and oxygen atoms in total. The number of nitriles is 1. The van der Waals surface area contributed by atoms with Crippen LogP contribution < -0.4 is 5.32 Å². The maximum absolute atomic E-state index is 12.0. The Hall–Kier alpha value is -1.28. The van der Waals surface area contributed by atoms with Gasteiger partial charge < -0.3 is 15.1 Å². The summed E-state index contributed by atoms with van der Waals surface area (Å²) in [5.41, 5.74) is 0. The lowest BCUT2D eigenvalue weighted by Crippen LogP contribution is -2.49. The third kappa shape index (κ3) is 2.27. The number of rotatable bonds is 4. The molecule has 0 bridgehead atoms. The van der Waals surface area contributed by atoms with Crippen LogP contribution in [0.25, 0.3) is 0 Å². The topological polar surface area (TPSA) is 59.4 Å². The van der Waals surface area contributed by atoms with Crippen molar-refractivity contribution in [3.05, 3.63) is 0 Å². The van der Waals surface area contributed by atoms with Crippen molar-refractivity contribution in [3.8, 4) is 6.07 Å². The normalized spacial score (nSPS) is 24.4. The van der Waals surface area contributed by atoms with Gasteiger partial charge in [0, 0.05) is 39.1 Å². The molecule has 5 heteroatoms. The minimum atomic E-state index is 0.184. The van der Waals surface area contributed by atoms with Crippen molar-refractivity contribution in [2.45, 2.75) is 25.3 Å². The summed E-state index contributed by atoms with van der Waals surface area (Å²) in [5.74, 6) is 0. The molecule has 16 heavy (non-hydrogen) atoms. The fourth-order valence-electron chi connectivity index (χ4n) is 2.38. The fraction of sp³-hybridized carbons (Fsp3) is 0.818. The Labute approximate surface area is 96.0 Å². The van der Waals surface area contributed by atoms with Crippen molar-refractivity contribution in [2.75, 3.05) is 32.7 Å². The molecule has 2 rings (SSSR count). The maximum Gasteiger partial charge on any atom is 0.320 e. The molecule has 2 aliphatic heterocycles. The molecule has 2 heterocycles. The summed E-state index contributed by atoms with van der Waals surface area (Å²) in [5, 5.41) is 11.7. The van der Waals surface area contributed by atoms with Crippen LogP contribution in [-0.2, 0) is 0 Å². The van der Waals surface area contributed by atoms with Gasteiger partial charge in [-0.1, -0.05) is 0 Å². The van der Waals surface area contributed by atoms with Crippen LogP contribution in [0.3, 0.4) is 0 Å². The smallest absolute Gasteiger partial charge is 0.320 e. The van der Waals surface area contributed by atoms with Crippen LogP contribution in [0.4, 0.5) is 4.79 Å². The van der Waals surface area contributed by atoms with E-state index in [-0.39, 0.29) is 6.03 Å². The Morgan fingerprint density at radius 1 is 1.50 bits per heavy atom. The largest absolute Gasteiger partial charge is 0.323 e. The summed E-state index contributed by atoms with van der Waals surface area (Å²) in [6.45, 7) is 4.30. The Morgan fingerprint density at radius 2 is 2.38 bits per heavy atom. The lowest BCUT2D eigenvalue weighted by atomic mass is 10.2. The van der Waals surface area contributed by atoms with Gasteiger partial charge in [-0.25, -0.2) is 4.79 Å². The van der Waals surface area contributed by atoms with Crippen molar-refractivity contribution in [1.29, 1.82) is 5.26 Å². The van der Waals surface area contributed by atoms with Gasteiger partial charge in [-0.3, -0.25) is 0 Å². The quantitative estimate of drug-likeness (QED) is 0.700. The van der Waals surface area contributed by atoms with Gasteiger partial charge in [0.1, 0.15) is 0 Å². The summed E-state index contributed by atoms with van der Waals surface area (Å²) in [4.78, 5) is 15.9. The van der Waals surface area contributed by atoms with E-state index in [1.54, 1.807) is 0 Å². The van der Waals surface area contributed by atoms with Crippen molar-refractivity contribution in [3.63, 3.8) is 0 Å². The zero-order chi connectivity index (χ0) is 11.4. The maximum atomic E-state index is 12.0. The molecule has 1 unspecified atom stereocenters. The molecule has 0 aromatic carbocycles. The molecule has 0 aromatic heterocycles. The molecule has 0 aromatic rings. The Balaban J connectivity index is 1.79. The molecule has 1 atom stereocenters. The van der Waals surface area contributed by atoms with Crippen LogP contribution >= 0.6 is 0 Å². The third-order valence-corrected chi connectivity index (χ3v) is 3.26. The molecule has 88 valence electrons. The number of hydrogen-bond acceptors (Lipinski definition) is 3. The first-order valence-corrected chi connectivity index (χ1v) is 5.96. The minimum Gasteiger partial charge on any atom is -0.323 e. The Bertz CT molecular complexity index is 299. The summed E-state index contributed by atoms with van der Waals surface area (Å²) in [6, 6.07) is 2.67. The van der Waals surface area contributed by atoms with Gasteiger partial charge in [0.05, 0.1) is 12.1 Å². The lowest BCUT2D eigenvalue weighted by Gasteiger charge is -2.28. The molecular weight excluding hydrogens is 204 g/mol. The highest BCUT2D eigenvalue weighted by atomic mass is 16.2. The highest BCUT2D eigenvalue weighted by Crippen LogP contribution is 2.17. The summed E-state index contributed by atoms with van der Waals surface area (Å²) < 4.78 is 0. The number of carbonyl (C=O) groups is 1. The van der Waals surface area contributed by atoms with E-state index in [2.05, 4.69) is 11.4 Å². The van der Waals surface area contributed by atoms with E-state index in [0.29, 0.717) is 12.5 Å². The van der Waals surface area contributed by atoms with E-state index >= 15 is 0 Å². The SMILES string of the molecule is N#CCCCCN1CC2CNCCN2C1=O. The summed E-state index contributed by atoms with van der Waals surface area (Å²) in [6.07, 6.45) is 2.42. The molecule has 0 aliphatic carbocycles. The van der Waals surface area contributed by atoms with Crippen LogP contribution in [0.15, 0.2) is 0 Å². The molecule has 1 N–H and O–H groups in total. The first-order valence-electron chi connectivity index (χ1n) is 5.96. The summed E-state index contributed by atoms with van der Waals surface area (Å²) in [7, 11) is 0. The van der Waals surface area contributed by atoms with Crippen molar-refractivity contribution in [2.24, 2.45) is 0 Å². The second-order valence-electron chi connectivity index (χ2n) is 4.40. The first kappa shape index (κ1) is 11.2. The molecule has 0 radical (unpaired) electrons. The standard InChI is InChI=1S/C11H18N4O/c12-4-2-1-3-6-14-9-10-8-13-5-7-15(10)11(14)16/h10,13H,1-3,5-9H2. The molecule has 2 amide bonds. The highest BCUT2D eigenvalue weighted by Gasteiger charge is 2.37. The number of hydrogen-bond donors (Lipinski definition) is 1. The minimum absolute atomic E-state index is 0.184. The zero-order valence-corrected chi connectivity index (χ0v) is 9.48. The van der Waals surface area contributed by atoms with Crippen molar-refractivity contribution in [1.82, 2.24) is 15.1 Å². The van der Waals surface area contributed by atoms with Gasteiger partial charge in [0.25, 0.3) is 0 Å². The van der Waals surface area contributed by atoms with Crippen LogP contribution in [-0.4, -0.2) is 54.6 Å². The molecule has 0 saturated carbocycles. The van der Waals surface area contributed by atoms with Gasteiger partial charge in [-0.05, 0) is 12.8 Å². The average molecular weight is 222 g/mol. The van der Waals surface area contributed by atoms with E-state index < -0.39 is 0 Å². The van der Waals surface area contributed by atoms with Crippen molar-refractivity contribution < 1.29 is 4.79 Å². The number of fused-ring (bicyclic) bond motifs is 1. The number of urea groups is 1. The molecule has 2 saturated heterocycles. The van der Waals surface area contributed by atoms with Crippen LogP contribution in [0.1, 0.15) is 19.3 Å². The monoisotopic (exact) mass is 222 g/mol. The number of nitrogens with one attached hydrogen (secondary N) is 1. The molecule has 0 spiro atoms. The second kappa shape index (κ2) is 5.17. The van der Waals surface area contributed by atoms with Gasteiger partial charge in [-0.15, -0.1) is 0 Å². The number of piperazine rings is 1. The Kier molecular flexibility index (Phi) is 3.62. The molecular formula is C11H18N4O. The highest BCUT2D eigenvalue weighted by molar-refractivity contribution is 5.77. The fourth-order valence-corrected chi connectivity index (χ4v) is 2.38. The van der Waals surface area contributed by atoms with E-state index in [9.17, 15) is 4.79 Å². The van der Waals surface area contributed by atoms with Gasteiger partial charge in [0.2, 0.25) is 0 Å². The van der Waals surface area contributed by atoms with Gasteiger partial charge in [0.15, 0.2) is 0 Å². The number of carbonyl (C=O) groups excluding carboxylic acids is 1. The lowest BCUT2D eigenvalue weighted by molar-refractivity contribution is 0.179. The second-order valence-corrected chi connectivity index (χ2v) is 4.40. The van der Waals surface area contributed by atoms with E-state index in [1.807, 2.05) is 9.80 Å². The number of unbranched alkanes of at least 4 members (excludes halogenated alkanes) is 2. The first-order chi connectivity index (χ1) is 7.83. The predicted molar refractivity (Wildman–Crippen MR) is 59.8 cm³/mol. The van der Waals surface area contributed by atoms with Crippen LogP contribution in [0, 0.1) is 11.3 Å². The van der Waals surface area contributed by atoms with Crippen LogP contribution in [0.2, 0.25) is 0 Å². The average Bonchev–Trinajstić information content (AvgIpc) is 2.63. The predicted octanol–water partition coefficient (Wildman–Crippen LogP) is 0.390. The van der Waals surface area contributed by atoms with Crippen molar-refractivity contribution >= 4 is 6.03 Å². The molecule has 2 aliphatic rings.